The van der Waals surface area contributed by atoms with E-state index in [1.54, 1.807) is 6.07 Å². The lowest BCUT2D eigenvalue weighted by Crippen LogP contribution is -2.31. The van der Waals surface area contributed by atoms with Gasteiger partial charge in [0.2, 0.25) is 5.69 Å². The first-order valence-electron chi connectivity index (χ1n) is 9.05. The number of benzene rings is 1. The Kier molecular flexibility index (Phi) is 2.34. The summed E-state index contributed by atoms with van der Waals surface area (Å²) in [7, 11) is 2.00. The number of aryl methyl sites for hydroxylation is 4. The van der Waals surface area contributed by atoms with Gasteiger partial charge in [0.15, 0.2) is 6.20 Å². The zero-order chi connectivity index (χ0) is 18.6. The van der Waals surface area contributed by atoms with Crippen LogP contribution in [0.5, 0.6) is 0 Å². The van der Waals surface area contributed by atoms with Gasteiger partial charge in [-0.25, -0.2) is 4.57 Å². The highest BCUT2D eigenvalue weighted by Gasteiger charge is 2.21. The molecule has 0 aliphatic carbocycles. The first kappa shape index (κ1) is 10.9. The zero-order valence-electron chi connectivity index (χ0n) is 16.3. The van der Waals surface area contributed by atoms with Crippen LogP contribution in [0.25, 0.3) is 33.2 Å². The van der Waals surface area contributed by atoms with Crippen LogP contribution in [0.4, 0.5) is 0 Å². The third-order valence-corrected chi connectivity index (χ3v) is 4.30. The predicted molar refractivity (Wildman–Crippen MR) is 92.3 cm³/mol. The van der Waals surface area contributed by atoms with Crippen LogP contribution in [0.2, 0.25) is 0 Å². The molecule has 0 aliphatic heterocycles. The summed E-state index contributed by atoms with van der Waals surface area (Å²) in [6.07, 6.45) is 3.55. The van der Waals surface area contributed by atoms with Crippen molar-refractivity contribution in [3.8, 4) is 11.3 Å². The van der Waals surface area contributed by atoms with Gasteiger partial charge in [-0.3, -0.25) is 4.98 Å². The molecule has 0 fully saturated rings. The summed E-state index contributed by atoms with van der Waals surface area (Å²) in [6.45, 7) is 1.79. The number of furan rings is 1. The Bertz CT molecular complexity index is 1160. The minimum atomic E-state index is -2.30. The predicted octanol–water partition coefficient (Wildman–Crippen LogP) is 4.40. The molecule has 0 unspecified atom stereocenters. The van der Waals surface area contributed by atoms with Gasteiger partial charge in [-0.2, -0.15) is 0 Å². The van der Waals surface area contributed by atoms with Gasteiger partial charge in [-0.15, -0.1) is 0 Å². The monoisotopic (exact) mass is 306 g/mol. The smallest absolute Gasteiger partial charge is 0.216 e. The van der Waals surface area contributed by atoms with Crippen molar-refractivity contribution in [3.05, 3.63) is 59.5 Å². The Morgan fingerprint density at radius 2 is 2.00 bits per heavy atom. The van der Waals surface area contributed by atoms with Gasteiger partial charge in [-0.05, 0) is 38.4 Å². The Labute approximate surface area is 139 Å². The molecular weight excluding hydrogens is 284 g/mol. The second-order valence-corrected chi connectivity index (χ2v) is 5.97. The molecule has 1 aromatic carbocycles. The highest BCUT2D eigenvalue weighted by molar-refractivity contribution is 6.10. The van der Waals surface area contributed by atoms with Gasteiger partial charge >= 0.3 is 0 Å². The number of hydrogen-bond acceptors (Lipinski definition) is 2. The average molecular weight is 306 g/mol. The van der Waals surface area contributed by atoms with Crippen molar-refractivity contribution in [3.63, 3.8) is 0 Å². The molecule has 0 saturated heterocycles. The van der Waals surface area contributed by atoms with Crippen LogP contribution in [0, 0.1) is 20.7 Å². The summed E-state index contributed by atoms with van der Waals surface area (Å²) in [4.78, 5) is 4.13. The summed E-state index contributed by atoms with van der Waals surface area (Å²) >= 11 is 0. The van der Waals surface area contributed by atoms with E-state index in [1.165, 1.54) is 11.8 Å². The molecule has 0 atom stereocenters. The maximum absolute atomic E-state index is 7.81. The largest absolute Gasteiger partial charge is 0.455 e. The average Bonchev–Trinajstić information content (AvgIpc) is 2.93. The number of pyridine rings is 2. The first-order chi connectivity index (χ1) is 12.3. The fourth-order valence-electron chi connectivity index (χ4n) is 3.21. The van der Waals surface area contributed by atoms with E-state index in [4.69, 9.17) is 8.53 Å². The lowest BCUT2D eigenvalue weighted by molar-refractivity contribution is -0.660. The highest BCUT2D eigenvalue weighted by Crippen LogP contribution is 2.37. The second-order valence-electron chi connectivity index (χ2n) is 5.97. The van der Waals surface area contributed by atoms with Crippen LogP contribution >= 0.6 is 0 Å². The van der Waals surface area contributed by atoms with Gasteiger partial charge in [0, 0.05) is 38.4 Å². The van der Waals surface area contributed by atoms with Crippen molar-refractivity contribution in [2.75, 3.05) is 0 Å². The first-order valence-corrected chi connectivity index (χ1v) is 7.55. The minimum absolute atomic E-state index is 0.0804. The molecule has 3 heterocycles. The zero-order valence-corrected chi connectivity index (χ0v) is 13.3. The van der Waals surface area contributed by atoms with Crippen LogP contribution in [0.15, 0.2) is 47.1 Å². The van der Waals surface area contributed by atoms with Gasteiger partial charge < -0.3 is 4.42 Å². The van der Waals surface area contributed by atoms with Crippen LogP contribution < -0.4 is 4.57 Å². The molecule has 0 radical (unpaired) electrons. The topological polar surface area (TPSA) is 29.9 Å². The van der Waals surface area contributed by atoms with Crippen molar-refractivity contribution < 1.29 is 13.1 Å². The minimum Gasteiger partial charge on any atom is -0.455 e. The Balaban J connectivity index is 2.14. The van der Waals surface area contributed by atoms with Crippen molar-refractivity contribution in [2.24, 2.45) is 7.05 Å². The molecule has 0 amide bonds. The molecule has 23 heavy (non-hydrogen) atoms. The Morgan fingerprint density at radius 3 is 2.78 bits per heavy atom. The molecule has 4 aromatic rings. The fraction of sp³-hybridized carbons (Fsp3) is 0.200. The molecule has 0 N–H and O–H groups in total. The van der Waals surface area contributed by atoms with E-state index < -0.39 is 6.85 Å². The quantitative estimate of drug-likeness (QED) is 0.488. The second kappa shape index (κ2) is 4.92. The van der Waals surface area contributed by atoms with E-state index in [-0.39, 0.29) is 5.69 Å². The molecule has 0 bridgehead atoms. The maximum Gasteiger partial charge on any atom is 0.216 e. The van der Waals surface area contributed by atoms with E-state index in [0.717, 1.165) is 22.2 Å². The SMILES string of the molecule is [2H]C([2H])([2H])c1nccc2oc3c(-c4ccc(C)c[n+]4C)c(C)ccc3c12. The van der Waals surface area contributed by atoms with Crippen molar-refractivity contribution in [1.29, 1.82) is 0 Å². The van der Waals surface area contributed by atoms with Crippen LogP contribution in [-0.2, 0) is 7.05 Å². The summed E-state index contributed by atoms with van der Waals surface area (Å²) in [6, 6.07) is 9.77. The third kappa shape index (κ3) is 2.04. The number of fused-ring (bicyclic) bond motifs is 3. The normalized spacial score (nSPS) is 14.0. The highest BCUT2D eigenvalue weighted by atomic mass is 16.3. The van der Waals surface area contributed by atoms with Gasteiger partial charge in [0.1, 0.15) is 18.2 Å². The molecule has 0 spiro atoms. The molecule has 0 saturated carbocycles. The lowest BCUT2D eigenvalue weighted by Gasteiger charge is -2.06. The fourth-order valence-corrected chi connectivity index (χ4v) is 3.21. The molecule has 3 nitrogen and oxygen atoms in total. The maximum atomic E-state index is 7.81. The molecular formula is C20H19N2O+. The van der Waals surface area contributed by atoms with Crippen molar-refractivity contribution in [2.45, 2.75) is 20.7 Å². The van der Waals surface area contributed by atoms with Gasteiger partial charge in [-0.1, -0.05) is 12.1 Å². The summed E-state index contributed by atoms with van der Waals surface area (Å²) in [5.41, 5.74) is 5.54. The summed E-state index contributed by atoms with van der Waals surface area (Å²) < 4.78 is 31.6. The summed E-state index contributed by atoms with van der Waals surface area (Å²) in [5, 5.41) is 1.35. The van der Waals surface area contributed by atoms with E-state index in [1.807, 2.05) is 33.0 Å². The summed E-state index contributed by atoms with van der Waals surface area (Å²) in [5.74, 6) is 0. The lowest BCUT2D eigenvalue weighted by atomic mass is 10.00. The van der Waals surface area contributed by atoms with Gasteiger partial charge in [0.25, 0.3) is 0 Å². The molecule has 0 aliphatic rings. The number of aromatic nitrogens is 2. The van der Waals surface area contributed by atoms with Crippen molar-refractivity contribution >= 4 is 21.9 Å². The van der Waals surface area contributed by atoms with Crippen LogP contribution in [0.3, 0.4) is 0 Å². The number of nitrogens with zero attached hydrogens (tertiary/aromatic N) is 2. The molecule has 3 aromatic heterocycles. The molecule has 3 heteroatoms. The van der Waals surface area contributed by atoms with Crippen molar-refractivity contribution in [1.82, 2.24) is 4.98 Å². The third-order valence-electron chi connectivity index (χ3n) is 4.30. The Hall–Kier alpha value is -2.68. The van der Waals surface area contributed by atoms with E-state index in [9.17, 15) is 0 Å². The van der Waals surface area contributed by atoms with E-state index >= 15 is 0 Å². The molecule has 114 valence electrons. The van der Waals surface area contributed by atoms with Crippen LogP contribution in [0.1, 0.15) is 20.9 Å². The Morgan fingerprint density at radius 1 is 1.13 bits per heavy atom. The molecule has 4 rings (SSSR count). The van der Waals surface area contributed by atoms with Gasteiger partial charge in [0.05, 0.1) is 5.56 Å². The number of rotatable bonds is 1. The van der Waals surface area contributed by atoms with E-state index in [0.29, 0.717) is 16.6 Å². The van der Waals surface area contributed by atoms with Crippen LogP contribution in [-0.4, -0.2) is 4.98 Å². The number of hydrogen-bond donors (Lipinski definition) is 0. The standard InChI is InChI=1S/C20H19N2O/c1-12-5-8-16(22(4)11-12)18-13(2)6-7-15-19-14(3)21-10-9-17(19)23-20(15)18/h5-11H,1-4H3/q+1/i3D3. The van der Waals surface area contributed by atoms with E-state index in [2.05, 4.69) is 27.9 Å².